The molecular weight excluding hydrogens is 313 g/mol. The van der Waals surface area contributed by atoms with E-state index in [1.807, 2.05) is 24.5 Å². The molecule has 2 heterocycles. The van der Waals surface area contributed by atoms with Gasteiger partial charge >= 0.3 is 7.12 Å². The molecule has 25 heavy (non-hydrogen) atoms. The van der Waals surface area contributed by atoms with Crippen LogP contribution in [0.5, 0.6) is 0 Å². The number of nitrogens with two attached hydrogens (primary N) is 1. The van der Waals surface area contributed by atoms with Crippen LogP contribution in [-0.2, 0) is 15.7 Å². The molecule has 2 N–H and O–H groups in total. The molecule has 0 spiro atoms. The Morgan fingerprint density at radius 2 is 2.04 bits per heavy atom. The van der Waals surface area contributed by atoms with Crippen LogP contribution in [-0.4, -0.2) is 24.8 Å². The van der Waals surface area contributed by atoms with Gasteiger partial charge in [-0.2, -0.15) is 0 Å². The average molecular weight is 339 g/mol. The van der Waals surface area contributed by atoms with Gasteiger partial charge in [-0.15, -0.1) is 0 Å². The van der Waals surface area contributed by atoms with Crippen molar-refractivity contribution in [3.05, 3.63) is 36.1 Å². The van der Waals surface area contributed by atoms with Crippen LogP contribution in [0.4, 0.5) is 0 Å². The standard InChI is InChI=1S/C20H26BNO3/c1-19(2)13-9-16(19)20(3)17(10-13)24-21(25-20)18(22)8-12-11-23-15-7-5-4-6-14(12)15/h4-7,11,13,16-18H,8-10,22H2,1-3H3/t13-,16-,17+,18-,20-/m0/s1. The minimum Gasteiger partial charge on any atom is -0.464 e. The average Bonchev–Trinajstić information content (AvgIpc) is 3.15. The van der Waals surface area contributed by atoms with Gasteiger partial charge in [-0.3, -0.25) is 0 Å². The number of benzene rings is 1. The fraction of sp³-hybridized carbons (Fsp3) is 0.600. The minimum atomic E-state index is -0.334. The second-order valence-electron chi connectivity index (χ2n) is 8.96. The van der Waals surface area contributed by atoms with Crippen LogP contribution in [0.3, 0.4) is 0 Å². The SMILES string of the molecule is CC1(C)[C@@H]2C[C@H]3OB([C@@H](N)Cc4coc5ccccc45)O[C@@]3(C)[C@H]1C2. The van der Waals surface area contributed by atoms with Gasteiger partial charge in [0.25, 0.3) is 0 Å². The Labute approximate surface area is 149 Å². The third kappa shape index (κ3) is 2.12. The summed E-state index contributed by atoms with van der Waals surface area (Å²) in [6.07, 6.45) is 5.05. The second-order valence-corrected chi connectivity index (χ2v) is 8.96. The highest BCUT2D eigenvalue weighted by Gasteiger charge is 2.68. The smallest absolute Gasteiger partial charge is 0.464 e. The molecule has 2 bridgehead atoms. The van der Waals surface area contributed by atoms with Crippen LogP contribution >= 0.6 is 0 Å². The van der Waals surface area contributed by atoms with E-state index in [0.717, 1.165) is 28.9 Å². The predicted molar refractivity (Wildman–Crippen MR) is 98.0 cm³/mol. The maximum absolute atomic E-state index is 6.51. The summed E-state index contributed by atoms with van der Waals surface area (Å²) in [6, 6.07) is 8.08. The Bertz CT molecular complexity index is 818. The van der Waals surface area contributed by atoms with Gasteiger partial charge in [-0.25, -0.2) is 0 Å². The number of furan rings is 1. The molecule has 1 saturated heterocycles. The molecule has 4 aliphatic rings. The molecule has 0 unspecified atom stereocenters. The number of hydrogen-bond acceptors (Lipinski definition) is 4. The molecular formula is C20H26BNO3. The van der Waals surface area contributed by atoms with E-state index in [4.69, 9.17) is 19.5 Å². The summed E-state index contributed by atoms with van der Waals surface area (Å²) in [5, 5.41) is 1.13. The second kappa shape index (κ2) is 5.12. The number of rotatable bonds is 3. The summed E-state index contributed by atoms with van der Waals surface area (Å²) in [4.78, 5) is 0. The zero-order valence-corrected chi connectivity index (χ0v) is 15.2. The first-order valence-electron chi connectivity index (χ1n) is 9.43. The molecule has 132 valence electrons. The van der Waals surface area contributed by atoms with E-state index in [2.05, 4.69) is 26.8 Å². The first-order chi connectivity index (χ1) is 11.9. The maximum Gasteiger partial charge on any atom is 0.475 e. The van der Waals surface area contributed by atoms with Crippen LogP contribution in [0.15, 0.2) is 34.9 Å². The summed E-state index contributed by atoms with van der Waals surface area (Å²) in [5.74, 6) is 1.13. The number of fused-ring (bicyclic) bond motifs is 1. The zero-order chi connectivity index (χ0) is 17.4. The van der Waals surface area contributed by atoms with Gasteiger partial charge in [0.05, 0.1) is 18.0 Å². The molecule has 3 aliphatic carbocycles. The van der Waals surface area contributed by atoms with Gasteiger partial charge in [0.2, 0.25) is 0 Å². The van der Waals surface area contributed by atoms with Crippen molar-refractivity contribution in [2.75, 3.05) is 0 Å². The summed E-state index contributed by atoms with van der Waals surface area (Å²) >= 11 is 0. The van der Waals surface area contributed by atoms with Crippen LogP contribution in [0, 0.1) is 17.3 Å². The summed E-state index contributed by atoms with van der Waals surface area (Å²) in [7, 11) is -0.334. The molecule has 1 aromatic heterocycles. The lowest BCUT2D eigenvalue weighted by atomic mass is 9.43. The lowest BCUT2D eigenvalue weighted by Gasteiger charge is -2.64. The predicted octanol–water partition coefficient (Wildman–Crippen LogP) is 3.57. The van der Waals surface area contributed by atoms with Crippen molar-refractivity contribution in [3.63, 3.8) is 0 Å². The van der Waals surface area contributed by atoms with Gasteiger partial charge in [0.1, 0.15) is 5.58 Å². The van der Waals surface area contributed by atoms with E-state index in [9.17, 15) is 0 Å². The molecule has 5 heteroatoms. The zero-order valence-electron chi connectivity index (χ0n) is 15.2. The molecule has 5 atom stereocenters. The molecule has 6 rings (SSSR count). The third-order valence-corrected chi connectivity index (χ3v) is 7.34. The molecule has 3 saturated carbocycles. The Morgan fingerprint density at radius 1 is 1.24 bits per heavy atom. The van der Waals surface area contributed by atoms with Crippen molar-refractivity contribution in [1.82, 2.24) is 0 Å². The van der Waals surface area contributed by atoms with E-state index in [-0.39, 0.29) is 24.8 Å². The highest BCUT2D eigenvalue weighted by Crippen LogP contribution is 2.65. The highest BCUT2D eigenvalue weighted by atomic mass is 16.7. The number of para-hydroxylation sites is 1. The normalized spacial score (nSPS) is 37.0. The monoisotopic (exact) mass is 339 g/mol. The summed E-state index contributed by atoms with van der Waals surface area (Å²) < 4.78 is 18.4. The van der Waals surface area contributed by atoms with E-state index in [0.29, 0.717) is 17.8 Å². The topological polar surface area (TPSA) is 57.6 Å². The van der Waals surface area contributed by atoms with Crippen LogP contribution < -0.4 is 5.73 Å². The summed E-state index contributed by atoms with van der Waals surface area (Å²) in [5.41, 5.74) is 8.70. The third-order valence-electron chi connectivity index (χ3n) is 7.34. The first kappa shape index (κ1) is 15.9. The van der Waals surface area contributed by atoms with Gasteiger partial charge in [-0.1, -0.05) is 32.0 Å². The van der Waals surface area contributed by atoms with Gasteiger partial charge in [-0.05, 0) is 55.1 Å². The first-order valence-corrected chi connectivity index (χ1v) is 9.43. The maximum atomic E-state index is 6.51. The van der Waals surface area contributed by atoms with E-state index >= 15 is 0 Å². The van der Waals surface area contributed by atoms with E-state index < -0.39 is 0 Å². The van der Waals surface area contributed by atoms with Crippen molar-refractivity contribution >= 4 is 18.1 Å². The Balaban J connectivity index is 1.35. The fourth-order valence-corrected chi connectivity index (χ4v) is 5.62. The minimum absolute atomic E-state index is 0.182. The summed E-state index contributed by atoms with van der Waals surface area (Å²) in [6.45, 7) is 6.99. The molecule has 2 aromatic rings. The van der Waals surface area contributed by atoms with Crippen molar-refractivity contribution in [2.24, 2.45) is 23.0 Å². The van der Waals surface area contributed by atoms with Crippen molar-refractivity contribution in [1.29, 1.82) is 0 Å². The van der Waals surface area contributed by atoms with Gasteiger partial charge < -0.3 is 19.5 Å². The molecule has 1 aliphatic heterocycles. The lowest BCUT2D eigenvalue weighted by molar-refractivity contribution is -0.199. The van der Waals surface area contributed by atoms with Crippen molar-refractivity contribution < 1.29 is 13.7 Å². The Hall–Kier alpha value is -1.30. The van der Waals surface area contributed by atoms with E-state index in [1.165, 1.54) is 6.42 Å². The van der Waals surface area contributed by atoms with Crippen LogP contribution in [0.25, 0.3) is 11.0 Å². The highest BCUT2D eigenvalue weighted by molar-refractivity contribution is 6.47. The molecule has 0 amide bonds. The van der Waals surface area contributed by atoms with Gasteiger partial charge in [0.15, 0.2) is 0 Å². The van der Waals surface area contributed by atoms with Crippen molar-refractivity contribution in [3.8, 4) is 0 Å². The van der Waals surface area contributed by atoms with Gasteiger partial charge in [0, 0.05) is 11.3 Å². The molecule has 1 aromatic carbocycles. The fourth-order valence-electron chi connectivity index (χ4n) is 5.62. The largest absolute Gasteiger partial charge is 0.475 e. The number of hydrogen-bond donors (Lipinski definition) is 1. The van der Waals surface area contributed by atoms with Crippen LogP contribution in [0.1, 0.15) is 39.2 Å². The lowest BCUT2D eigenvalue weighted by Crippen LogP contribution is -2.65. The molecule has 4 fully saturated rings. The Kier molecular flexibility index (Phi) is 3.26. The molecule has 4 nitrogen and oxygen atoms in total. The molecule has 0 radical (unpaired) electrons. The Morgan fingerprint density at radius 3 is 2.84 bits per heavy atom. The quantitative estimate of drug-likeness (QED) is 0.869. The van der Waals surface area contributed by atoms with Crippen LogP contribution in [0.2, 0.25) is 0 Å². The van der Waals surface area contributed by atoms with E-state index in [1.54, 1.807) is 0 Å². The van der Waals surface area contributed by atoms with Crippen molar-refractivity contribution in [2.45, 2.75) is 57.7 Å².